The average molecular weight is 240 g/mol. The van der Waals surface area contributed by atoms with Crippen molar-refractivity contribution in [2.75, 3.05) is 21.3 Å². The molecule has 0 saturated heterocycles. The van der Waals surface area contributed by atoms with Crippen LogP contribution in [0.4, 0.5) is 0 Å². The fourth-order valence-electron chi connectivity index (χ4n) is 2.05. The maximum absolute atomic E-state index is 5.54. The van der Waals surface area contributed by atoms with Crippen molar-refractivity contribution >= 4 is 8.80 Å². The third-order valence-electron chi connectivity index (χ3n) is 2.89. The highest BCUT2D eigenvalue weighted by Gasteiger charge is 2.46. The lowest BCUT2D eigenvalue weighted by molar-refractivity contribution is 0.111. The lowest BCUT2D eigenvalue weighted by atomic mass is 10.1. The number of hydrogen-bond donors (Lipinski definition) is 0. The summed E-state index contributed by atoms with van der Waals surface area (Å²) in [4.78, 5) is 0. The van der Waals surface area contributed by atoms with E-state index in [0.29, 0.717) is 0 Å². The summed E-state index contributed by atoms with van der Waals surface area (Å²) < 4.78 is 16.6. The molecule has 4 heteroatoms. The van der Waals surface area contributed by atoms with E-state index in [1.807, 2.05) is 18.2 Å². The Labute approximate surface area is 98.7 Å². The molecule has 0 radical (unpaired) electrons. The van der Waals surface area contributed by atoms with Gasteiger partial charge in [0.2, 0.25) is 0 Å². The monoisotopic (exact) mass is 240 g/mol. The van der Waals surface area contributed by atoms with Gasteiger partial charge in [-0.2, -0.15) is 0 Å². The van der Waals surface area contributed by atoms with Gasteiger partial charge in [-0.3, -0.25) is 0 Å². The van der Waals surface area contributed by atoms with Gasteiger partial charge in [-0.25, -0.2) is 0 Å². The van der Waals surface area contributed by atoms with E-state index < -0.39 is 8.80 Å². The summed E-state index contributed by atoms with van der Waals surface area (Å²) >= 11 is 0. The van der Waals surface area contributed by atoms with Crippen LogP contribution in [0.25, 0.3) is 0 Å². The van der Waals surface area contributed by atoms with Gasteiger partial charge in [0.05, 0.1) is 5.54 Å². The molecule has 90 valence electrons. The van der Waals surface area contributed by atoms with E-state index in [2.05, 4.69) is 19.1 Å². The summed E-state index contributed by atoms with van der Waals surface area (Å²) in [7, 11) is 2.39. The molecule has 0 N–H and O–H groups in total. The zero-order valence-corrected chi connectivity index (χ0v) is 11.4. The van der Waals surface area contributed by atoms with Gasteiger partial charge in [-0.05, 0) is 12.0 Å². The Kier molecular flexibility index (Phi) is 5.14. The van der Waals surface area contributed by atoms with Crippen molar-refractivity contribution in [3.05, 3.63) is 35.9 Å². The molecule has 0 fully saturated rings. The van der Waals surface area contributed by atoms with Gasteiger partial charge in [-0.15, -0.1) is 0 Å². The van der Waals surface area contributed by atoms with Crippen molar-refractivity contribution in [1.82, 2.24) is 0 Å². The molecule has 0 heterocycles. The molecule has 1 rings (SSSR count). The van der Waals surface area contributed by atoms with E-state index in [1.54, 1.807) is 21.3 Å². The van der Waals surface area contributed by atoms with Crippen LogP contribution in [0.2, 0.25) is 0 Å². The molecule has 0 saturated carbocycles. The Hall–Kier alpha value is -0.683. The van der Waals surface area contributed by atoms with Gasteiger partial charge < -0.3 is 13.3 Å². The van der Waals surface area contributed by atoms with Gasteiger partial charge >= 0.3 is 8.80 Å². The summed E-state index contributed by atoms with van der Waals surface area (Å²) in [5.74, 6) is 0. The molecule has 0 aliphatic heterocycles. The first-order valence-corrected chi connectivity index (χ1v) is 7.24. The molecule has 0 spiro atoms. The van der Waals surface area contributed by atoms with Crippen molar-refractivity contribution in [2.24, 2.45) is 0 Å². The van der Waals surface area contributed by atoms with E-state index in [-0.39, 0.29) is 5.54 Å². The molecule has 0 aliphatic rings. The van der Waals surface area contributed by atoms with Crippen molar-refractivity contribution in [3.63, 3.8) is 0 Å². The fraction of sp³-hybridized carbons (Fsp3) is 0.500. The zero-order valence-electron chi connectivity index (χ0n) is 10.4. The minimum atomic E-state index is -2.59. The Morgan fingerprint density at radius 1 is 1.00 bits per heavy atom. The maximum atomic E-state index is 5.54. The van der Waals surface area contributed by atoms with E-state index in [9.17, 15) is 0 Å². The molecule has 1 unspecified atom stereocenters. The summed E-state index contributed by atoms with van der Waals surface area (Å²) in [6.07, 6.45) is 0.936. The van der Waals surface area contributed by atoms with Crippen molar-refractivity contribution in [2.45, 2.75) is 18.9 Å². The first kappa shape index (κ1) is 13.4. The standard InChI is InChI=1S/C12H20O3Si/c1-5-12(11-9-7-6-8-10-11)16(13-2,14-3)15-4/h6-10,12H,5H2,1-4H3. The SMILES string of the molecule is CCC(c1ccccc1)[Si](OC)(OC)OC. The second-order valence-corrected chi connectivity index (χ2v) is 6.72. The van der Waals surface area contributed by atoms with E-state index in [0.717, 1.165) is 6.42 Å². The molecule has 1 aromatic carbocycles. The van der Waals surface area contributed by atoms with Crippen LogP contribution in [0.15, 0.2) is 30.3 Å². The maximum Gasteiger partial charge on any atom is 0.508 e. The average Bonchev–Trinajstić information content (AvgIpc) is 2.37. The van der Waals surface area contributed by atoms with Crippen LogP contribution >= 0.6 is 0 Å². The van der Waals surface area contributed by atoms with Gasteiger partial charge in [0.25, 0.3) is 0 Å². The first-order chi connectivity index (χ1) is 7.74. The summed E-state index contributed by atoms with van der Waals surface area (Å²) in [5, 5.41) is 0. The van der Waals surface area contributed by atoms with Crippen molar-refractivity contribution < 1.29 is 13.3 Å². The number of hydrogen-bond acceptors (Lipinski definition) is 3. The molecule has 1 aromatic rings. The highest BCUT2D eigenvalue weighted by Crippen LogP contribution is 2.31. The summed E-state index contributed by atoms with van der Waals surface area (Å²) in [5.41, 5.74) is 1.40. The predicted molar refractivity (Wildman–Crippen MR) is 66.3 cm³/mol. The molecular formula is C12H20O3Si. The fourth-order valence-corrected chi connectivity index (χ4v) is 4.51. The molecule has 0 aliphatic carbocycles. The van der Waals surface area contributed by atoms with Crippen LogP contribution in [0.1, 0.15) is 24.4 Å². The quantitative estimate of drug-likeness (QED) is 0.715. The summed E-state index contributed by atoms with van der Waals surface area (Å²) in [6.45, 7) is 2.12. The smallest absolute Gasteiger partial charge is 0.376 e. The highest BCUT2D eigenvalue weighted by molar-refractivity contribution is 6.62. The first-order valence-electron chi connectivity index (χ1n) is 5.44. The van der Waals surface area contributed by atoms with E-state index in [1.165, 1.54) is 5.56 Å². The molecule has 3 nitrogen and oxygen atoms in total. The largest absolute Gasteiger partial charge is 0.508 e. The number of rotatable bonds is 6. The van der Waals surface area contributed by atoms with Crippen LogP contribution in [-0.4, -0.2) is 30.1 Å². The summed E-state index contributed by atoms with van der Waals surface area (Å²) in [6, 6.07) is 10.2. The molecule has 0 amide bonds. The Morgan fingerprint density at radius 2 is 1.50 bits per heavy atom. The van der Waals surface area contributed by atoms with Crippen LogP contribution in [-0.2, 0) is 13.3 Å². The van der Waals surface area contributed by atoms with Gasteiger partial charge in [0.15, 0.2) is 0 Å². The number of benzene rings is 1. The molecule has 16 heavy (non-hydrogen) atoms. The lowest BCUT2D eigenvalue weighted by Crippen LogP contribution is -2.49. The molecular weight excluding hydrogens is 220 g/mol. The molecule has 1 atom stereocenters. The van der Waals surface area contributed by atoms with Gasteiger partial charge in [0.1, 0.15) is 0 Å². The second kappa shape index (κ2) is 6.15. The highest BCUT2D eigenvalue weighted by atomic mass is 28.4. The van der Waals surface area contributed by atoms with Crippen molar-refractivity contribution in [3.8, 4) is 0 Å². The third-order valence-corrected chi connectivity index (χ3v) is 6.19. The Balaban J connectivity index is 3.05. The normalized spacial score (nSPS) is 13.8. The predicted octanol–water partition coefficient (Wildman–Crippen LogP) is 2.60. The Morgan fingerprint density at radius 3 is 1.88 bits per heavy atom. The van der Waals surface area contributed by atoms with Crippen LogP contribution in [0.3, 0.4) is 0 Å². The van der Waals surface area contributed by atoms with Crippen molar-refractivity contribution in [1.29, 1.82) is 0 Å². The van der Waals surface area contributed by atoms with E-state index in [4.69, 9.17) is 13.3 Å². The minimum absolute atomic E-state index is 0.189. The second-order valence-electron chi connectivity index (χ2n) is 3.59. The van der Waals surface area contributed by atoms with Gasteiger partial charge in [-0.1, -0.05) is 37.3 Å². The van der Waals surface area contributed by atoms with Crippen LogP contribution in [0, 0.1) is 0 Å². The third kappa shape index (κ3) is 2.52. The molecule has 0 aromatic heterocycles. The molecule has 0 bridgehead atoms. The van der Waals surface area contributed by atoms with Crippen LogP contribution in [0.5, 0.6) is 0 Å². The van der Waals surface area contributed by atoms with E-state index >= 15 is 0 Å². The van der Waals surface area contributed by atoms with Gasteiger partial charge in [0, 0.05) is 21.3 Å². The Bertz CT molecular complexity index is 290. The zero-order chi connectivity index (χ0) is 12.0. The minimum Gasteiger partial charge on any atom is -0.376 e. The topological polar surface area (TPSA) is 27.7 Å². The van der Waals surface area contributed by atoms with Crippen LogP contribution < -0.4 is 0 Å². The lowest BCUT2D eigenvalue weighted by Gasteiger charge is -2.32.